The molecule has 1 N–H and O–H groups in total. The zero-order valence-electron chi connectivity index (χ0n) is 13.1. The fraction of sp³-hybridized carbons (Fsp3) is 0.529. The Labute approximate surface area is 130 Å². The predicted molar refractivity (Wildman–Crippen MR) is 83.1 cm³/mol. The van der Waals surface area contributed by atoms with Gasteiger partial charge < -0.3 is 14.7 Å². The highest BCUT2D eigenvalue weighted by Gasteiger charge is 2.32. The third-order valence-corrected chi connectivity index (χ3v) is 3.73. The number of rotatable bonds is 5. The van der Waals surface area contributed by atoms with Crippen molar-refractivity contribution in [3.63, 3.8) is 0 Å². The molecule has 1 amide bonds. The molecule has 120 valence electrons. The van der Waals surface area contributed by atoms with Crippen LogP contribution in [0.4, 0.5) is 0 Å². The van der Waals surface area contributed by atoms with Crippen molar-refractivity contribution in [1.29, 1.82) is 0 Å². The topological polar surface area (TPSA) is 66.8 Å². The van der Waals surface area contributed by atoms with Crippen LogP contribution in [0.2, 0.25) is 0 Å². The second-order valence-corrected chi connectivity index (χ2v) is 6.08. The molecule has 0 radical (unpaired) electrons. The number of amides is 1. The Hall–Kier alpha value is -2.04. The number of carboxylic acids is 1. The quantitative estimate of drug-likeness (QED) is 0.908. The van der Waals surface area contributed by atoms with Crippen molar-refractivity contribution in [2.75, 3.05) is 13.2 Å². The van der Waals surface area contributed by atoms with Gasteiger partial charge in [-0.1, -0.05) is 13.8 Å². The maximum atomic E-state index is 12.5. The van der Waals surface area contributed by atoms with Crippen LogP contribution in [0.25, 0.3) is 0 Å². The Morgan fingerprint density at radius 3 is 2.55 bits per heavy atom. The van der Waals surface area contributed by atoms with Gasteiger partial charge in [-0.15, -0.1) is 0 Å². The van der Waals surface area contributed by atoms with Gasteiger partial charge in [-0.05, 0) is 49.4 Å². The van der Waals surface area contributed by atoms with Crippen LogP contribution in [0.5, 0.6) is 5.75 Å². The van der Waals surface area contributed by atoms with Crippen LogP contribution >= 0.6 is 0 Å². The summed E-state index contributed by atoms with van der Waals surface area (Å²) in [7, 11) is 0. The van der Waals surface area contributed by atoms with E-state index in [9.17, 15) is 14.7 Å². The fourth-order valence-electron chi connectivity index (χ4n) is 2.55. The highest BCUT2D eigenvalue weighted by molar-refractivity contribution is 5.96. The molecular formula is C17H23NO4. The molecule has 22 heavy (non-hydrogen) atoms. The summed E-state index contributed by atoms with van der Waals surface area (Å²) in [4.78, 5) is 25.3. The lowest BCUT2D eigenvalue weighted by Crippen LogP contribution is -2.47. The van der Waals surface area contributed by atoms with E-state index in [0.29, 0.717) is 31.1 Å². The molecule has 1 fully saturated rings. The Morgan fingerprint density at radius 1 is 1.27 bits per heavy atom. The van der Waals surface area contributed by atoms with E-state index in [1.165, 1.54) is 4.90 Å². The number of hydrogen-bond acceptors (Lipinski definition) is 3. The Balaban J connectivity index is 2.06. The zero-order chi connectivity index (χ0) is 16.1. The first kappa shape index (κ1) is 16.3. The van der Waals surface area contributed by atoms with Crippen molar-refractivity contribution in [3.8, 4) is 5.75 Å². The highest BCUT2D eigenvalue weighted by Crippen LogP contribution is 2.21. The van der Waals surface area contributed by atoms with E-state index in [2.05, 4.69) is 13.8 Å². The minimum absolute atomic E-state index is 0.220. The van der Waals surface area contributed by atoms with Gasteiger partial charge in [0.1, 0.15) is 11.8 Å². The summed E-state index contributed by atoms with van der Waals surface area (Å²) in [6.07, 6.45) is 2.23. The summed E-state index contributed by atoms with van der Waals surface area (Å²) >= 11 is 0. The standard InChI is InChI=1S/C17H23NO4/c1-12(2)11-22-14-8-6-13(7-9-14)16(19)18-10-4-3-5-15(18)17(20)21/h6-9,12,15H,3-5,10-11H2,1-2H3,(H,20,21)/t15-/m1/s1. The van der Waals surface area contributed by atoms with Crippen molar-refractivity contribution in [2.45, 2.75) is 39.2 Å². The molecule has 0 unspecified atom stereocenters. The first-order valence-electron chi connectivity index (χ1n) is 7.75. The van der Waals surface area contributed by atoms with Crippen LogP contribution in [0, 0.1) is 5.92 Å². The number of likely N-dealkylation sites (tertiary alicyclic amines) is 1. The summed E-state index contributed by atoms with van der Waals surface area (Å²) in [5.41, 5.74) is 0.505. The maximum Gasteiger partial charge on any atom is 0.326 e. The van der Waals surface area contributed by atoms with Crippen LogP contribution < -0.4 is 4.74 Å². The molecule has 0 aromatic heterocycles. The molecule has 1 aromatic carbocycles. The number of ether oxygens (including phenoxy) is 1. The second-order valence-electron chi connectivity index (χ2n) is 6.08. The van der Waals surface area contributed by atoms with E-state index in [4.69, 9.17) is 4.74 Å². The summed E-state index contributed by atoms with van der Waals surface area (Å²) in [5.74, 6) is 0.0112. The lowest BCUT2D eigenvalue weighted by molar-refractivity contribution is -0.143. The smallest absolute Gasteiger partial charge is 0.326 e. The third kappa shape index (κ3) is 4.00. The van der Waals surface area contributed by atoms with E-state index < -0.39 is 12.0 Å². The molecule has 0 bridgehead atoms. The number of nitrogens with zero attached hydrogens (tertiary/aromatic N) is 1. The molecule has 0 aliphatic carbocycles. The summed E-state index contributed by atoms with van der Waals surface area (Å²) in [5, 5.41) is 9.26. The van der Waals surface area contributed by atoms with Gasteiger partial charge in [0, 0.05) is 12.1 Å². The number of carbonyl (C=O) groups excluding carboxylic acids is 1. The van der Waals surface area contributed by atoms with Crippen molar-refractivity contribution < 1.29 is 19.4 Å². The van der Waals surface area contributed by atoms with Gasteiger partial charge >= 0.3 is 5.97 Å². The first-order valence-corrected chi connectivity index (χ1v) is 7.75. The number of hydrogen-bond donors (Lipinski definition) is 1. The molecule has 1 saturated heterocycles. The van der Waals surface area contributed by atoms with Gasteiger partial charge in [0.25, 0.3) is 5.91 Å². The Kier molecular flexibility index (Phi) is 5.41. The zero-order valence-corrected chi connectivity index (χ0v) is 13.1. The number of carbonyl (C=O) groups is 2. The molecule has 0 saturated carbocycles. The van der Waals surface area contributed by atoms with E-state index in [0.717, 1.165) is 18.6 Å². The van der Waals surface area contributed by atoms with Gasteiger partial charge in [0.2, 0.25) is 0 Å². The normalized spacial score (nSPS) is 18.3. The highest BCUT2D eigenvalue weighted by atomic mass is 16.5. The van der Waals surface area contributed by atoms with Crippen molar-refractivity contribution >= 4 is 11.9 Å². The maximum absolute atomic E-state index is 12.5. The average molecular weight is 305 g/mol. The van der Waals surface area contributed by atoms with Crippen molar-refractivity contribution in [3.05, 3.63) is 29.8 Å². The van der Waals surface area contributed by atoms with E-state index in [-0.39, 0.29) is 5.91 Å². The Morgan fingerprint density at radius 2 is 1.95 bits per heavy atom. The largest absolute Gasteiger partial charge is 0.493 e. The minimum Gasteiger partial charge on any atom is -0.493 e. The van der Waals surface area contributed by atoms with E-state index in [1.54, 1.807) is 24.3 Å². The fourth-order valence-corrected chi connectivity index (χ4v) is 2.55. The van der Waals surface area contributed by atoms with Gasteiger partial charge in [0.05, 0.1) is 6.61 Å². The number of aliphatic carboxylic acids is 1. The monoisotopic (exact) mass is 305 g/mol. The van der Waals surface area contributed by atoms with Crippen LogP contribution in [0.1, 0.15) is 43.5 Å². The average Bonchev–Trinajstić information content (AvgIpc) is 2.52. The SMILES string of the molecule is CC(C)COc1ccc(C(=O)N2CCCC[C@@H]2C(=O)O)cc1. The molecule has 1 aromatic rings. The number of piperidine rings is 1. The minimum atomic E-state index is -0.926. The van der Waals surface area contributed by atoms with Crippen LogP contribution in [0.15, 0.2) is 24.3 Å². The van der Waals surface area contributed by atoms with Gasteiger partial charge in [-0.2, -0.15) is 0 Å². The Bertz CT molecular complexity index is 524. The van der Waals surface area contributed by atoms with Gasteiger partial charge in [0.15, 0.2) is 0 Å². The van der Waals surface area contributed by atoms with E-state index >= 15 is 0 Å². The van der Waals surface area contributed by atoms with Crippen LogP contribution in [-0.2, 0) is 4.79 Å². The van der Waals surface area contributed by atoms with Crippen LogP contribution in [0.3, 0.4) is 0 Å². The summed E-state index contributed by atoms with van der Waals surface area (Å²) < 4.78 is 5.59. The molecule has 1 aliphatic rings. The third-order valence-electron chi connectivity index (χ3n) is 3.73. The second kappa shape index (κ2) is 7.29. The summed E-state index contributed by atoms with van der Waals surface area (Å²) in [6.45, 7) is 5.27. The molecule has 2 rings (SSSR count). The van der Waals surface area contributed by atoms with E-state index in [1.807, 2.05) is 0 Å². The summed E-state index contributed by atoms with van der Waals surface area (Å²) in [6, 6.07) is 6.21. The molecule has 5 heteroatoms. The molecular weight excluding hydrogens is 282 g/mol. The van der Waals surface area contributed by atoms with Gasteiger partial charge in [-0.25, -0.2) is 4.79 Å². The number of carboxylic acid groups (broad SMARTS) is 1. The lowest BCUT2D eigenvalue weighted by Gasteiger charge is -2.33. The number of benzene rings is 1. The molecule has 5 nitrogen and oxygen atoms in total. The molecule has 1 atom stereocenters. The van der Waals surface area contributed by atoms with Crippen molar-refractivity contribution in [2.24, 2.45) is 5.92 Å². The molecule has 1 heterocycles. The van der Waals surface area contributed by atoms with Crippen molar-refractivity contribution in [1.82, 2.24) is 4.90 Å². The molecule has 0 spiro atoms. The molecule has 1 aliphatic heterocycles. The predicted octanol–water partition coefficient (Wildman–Crippen LogP) is 2.80. The van der Waals surface area contributed by atoms with Crippen LogP contribution in [-0.4, -0.2) is 41.1 Å². The first-order chi connectivity index (χ1) is 10.5. The lowest BCUT2D eigenvalue weighted by atomic mass is 10.0. The van der Waals surface area contributed by atoms with Gasteiger partial charge in [-0.3, -0.25) is 4.79 Å².